The lowest BCUT2D eigenvalue weighted by Crippen LogP contribution is -2.29. The fraction of sp³-hybridized carbons (Fsp3) is 0.333. The Kier molecular flexibility index (Phi) is 7.67. The lowest BCUT2D eigenvalue weighted by Gasteiger charge is -2.22. The Balaban J connectivity index is 1.60. The molecule has 0 fully saturated rings. The molecule has 9 nitrogen and oxygen atoms in total. The zero-order valence-electron chi connectivity index (χ0n) is 21.5. The van der Waals surface area contributed by atoms with E-state index in [2.05, 4.69) is 42.4 Å². The van der Waals surface area contributed by atoms with E-state index in [0.717, 1.165) is 44.1 Å². The van der Waals surface area contributed by atoms with Crippen LogP contribution >= 0.6 is 27.5 Å². The molecule has 11 heteroatoms. The van der Waals surface area contributed by atoms with Gasteiger partial charge in [0.05, 0.1) is 34.2 Å². The summed E-state index contributed by atoms with van der Waals surface area (Å²) in [7, 11) is 1.78. The molecule has 0 unspecified atom stereocenters. The molecule has 4 aromatic rings. The van der Waals surface area contributed by atoms with E-state index in [0.29, 0.717) is 47.6 Å². The summed E-state index contributed by atoms with van der Waals surface area (Å²) >= 11 is 10.2. The molecule has 3 aromatic heterocycles. The van der Waals surface area contributed by atoms with Crippen LogP contribution in [0.1, 0.15) is 28.3 Å². The summed E-state index contributed by atoms with van der Waals surface area (Å²) in [5.74, 6) is 2.48. The van der Waals surface area contributed by atoms with Gasteiger partial charge in [0.1, 0.15) is 30.0 Å². The van der Waals surface area contributed by atoms with Crippen LogP contribution in [0.2, 0.25) is 5.02 Å². The van der Waals surface area contributed by atoms with Gasteiger partial charge in [-0.2, -0.15) is 0 Å². The molecular weight excluding hydrogens is 572 g/mol. The highest BCUT2D eigenvalue weighted by atomic mass is 79.9. The molecule has 1 aromatic carbocycles. The second-order valence-electron chi connectivity index (χ2n) is 9.32. The lowest BCUT2D eigenvalue weighted by atomic mass is 10.0. The topological polar surface area (TPSA) is 109 Å². The number of aromatic nitrogens is 4. The van der Waals surface area contributed by atoms with E-state index in [-0.39, 0.29) is 6.61 Å². The van der Waals surface area contributed by atoms with Gasteiger partial charge in [-0.15, -0.1) is 0 Å². The number of ether oxygens (including phenoxy) is 1. The Hall–Kier alpha value is -3.05. The van der Waals surface area contributed by atoms with Gasteiger partial charge in [-0.1, -0.05) is 16.8 Å². The van der Waals surface area contributed by atoms with E-state index < -0.39 is 6.10 Å². The minimum Gasteiger partial charge on any atom is -0.491 e. The van der Waals surface area contributed by atoms with Gasteiger partial charge in [-0.25, -0.2) is 9.97 Å². The van der Waals surface area contributed by atoms with Crippen LogP contribution < -0.4 is 15.0 Å². The van der Waals surface area contributed by atoms with Crippen molar-refractivity contribution in [1.82, 2.24) is 25.4 Å². The molecule has 0 saturated carbocycles. The van der Waals surface area contributed by atoms with Crippen LogP contribution in [-0.2, 0) is 13.1 Å². The van der Waals surface area contributed by atoms with E-state index in [9.17, 15) is 5.11 Å². The van der Waals surface area contributed by atoms with Crippen LogP contribution in [0, 0.1) is 20.8 Å². The summed E-state index contributed by atoms with van der Waals surface area (Å²) in [6.07, 6.45) is 1.17. The molecule has 4 heterocycles. The van der Waals surface area contributed by atoms with Crippen molar-refractivity contribution in [1.29, 1.82) is 0 Å². The highest BCUT2D eigenvalue weighted by molar-refractivity contribution is 9.10. The molecule has 2 N–H and O–H groups in total. The quantitative estimate of drug-likeness (QED) is 0.289. The number of fused-ring (bicyclic) bond motifs is 1. The number of likely N-dealkylation sites (N-methyl/N-ethyl adjacent to an activating group) is 1. The number of pyridine rings is 1. The maximum atomic E-state index is 10.1. The third-order valence-electron chi connectivity index (χ3n) is 6.48. The predicted octanol–water partition coefficient (Wildman–Crippen LogP) is 5.01. The number of nitrogens with one attached hydrogen (secondary N) is 1. The molecule has 0 saturated heterocycles. The second-order valence-corrected chi connectivity index (χ2v) is 10.6. The minimum absolute atomic E-state index is 0.140. The Morgan fingerprint density at radius 1 is 1.21 bits per heavy atom. The van der Waals surface area contributed by atoms with E-state index >= 15 is 0 Å². The Morgan fingerprint density at radius 3 is 2.76 bits per heavy atom. The molecule has 198 valence electrons. The molecule has 1 aliphatic rings. The molecule has 0 amide bonds. The summed E-state index contributed by atoms with van der Waals surface area (Å²) in [5.41, 5.74) is 6.01. The van der Waals surface area contributed by atoms with E-state index in [1.54, 1.807) is 25.2 Å². The minimum atomic E-state index is -0.641. The van der Waals surface area contributed by atoms with E-state index in [4.69, 9.17) is 30.8 Å². The number of rotatable bonds is 8. The van der Waals surface area contributed by atoms with Crippen LogP contribution in [0.3, 0.4) is 0 Å². The Bertz CT molecular complexity index is 1470. The summed E-state index contributed by atoms with van der Waals surface area (Å²) in [4.78, 5) is 16.8. The maximum absolute atomic E-state index is 10.1. The van der Waals surface area contributed by atoms with Crippen molar-refractivity contribution < 1.29 is 14.4 Å². The van der Waals surface area contributed by atoms with Gasteiger partial charge >= 0.3 is 0 Å². The maximum Gasteiger partial charge on any atom is 0.163 e. The van der Waals surface area contributed by atoms with Crippen molar-refractivity contribution in [3.8, 4) is 28.4 Å². The van der Waals surface area contributed by atoms with Crippen LogP contribution in [-0.4, -0.2) is 51.5 Å². The SMILES string of the molecule is CNC[C@@H](O)COc1ccc(Cl)c(-c2nc(-c3c(C)noc3C)c(C)c(N3Cc4cc(Br)cnc4C3)n2)c1. The number of benzene rings is 1. The smallest absolute Gasteiger partial charge is 0.163 e. The first-order valence-electron chi connectivity index (χ1n) is 12.2. The second kappa shape index (κ2) is 11.0. The van der Waals surface area contributed by atoms with Crippen LogP contribution in [0.4, 0.5) is 5.82 Å². The van der Waals surface area contributed by atoms with Crippen molar-refractivity contribution >= 4 is 33.3 Å². The van der Waals surface area contributed by atoms with Crippen LogP contribution in [0.25, 0.3) is 22.6 Å². The van der Waals surface area contributed by atoms with Gasteiger partial charge in [0.25, 0.3) is 0 Å². The fourth-order valence-corrected chi connectivity index (χ4v) is 5.21. The zero-order chi connectivity index (χ0) is 27.0. The van der Waals surface area contributed by atoms with Gasteiger partial charge in [0.15, 0.2) is 5.82 Å². The van der Waals surface area contributed by atoms with Crippen molar-refractivity contribution in [3.05, 3.63) is 68.2 Å². The van der Waals surface area contributed by atoms with Crippen molar-refractivity contribution in [2.75, 3.05) is 25.1 Å². The summed E-state index contributed by atoms with van der Waals surface area (Å²) in [6, 6.07) is 7.41. The van der Waals surface area contributed by atoms with E-state index in [1.807, 2.05) is 27.0 Å². The number of nitrogens with zero attached hydrogens (tertiary/aromatic N) is 5. The molecule has 38 heavy (non-hydrogen) atoms. The van der Waals surface area contributed by atoms with Crippen molar-refractivity contribution in [3.63, 3.8) is 0 Å². The number of hydrogen-bond donors (Lipinski definition) is 2. The first kappa shape index (κ1) is 26.6. The molecule has 0 bridgehead atoms. The highest BCUT2D eigenvalue weighted by Crippen LogP contribution is 2.39. The monoisotopic (exact) mass is 598 g/mol. The largest absolute Gasteiger partial charge is 0.491 e. The normalized spacial score (nSPS) is 13.6. The molecule has 0 radical (unpaired) electrons. The predicted molar refractivity (Wildman–Crippen MR) is 149 cm³/mol. The third-order valence-corrected chi connectivity index (χ3v) is 7.24. The number of anilines is 1. The number of aryl methyl sites for hydroxylation is 2. The molecule has 1 atom stereocenters. The summed E-state index contributed by atoms with van der Waals surface area (Å²) in [5, 5.41) is 17.6. The third kappa shape index (κ3) is 5.26. The zero-order valence-corrected chi connectivity index (χ0v) is 23.9. The standard InChI is InChI=1S/C27H28BrClN6O3/c1-14-25(24-15(2)34-38-16(24)3)32-26(21-8-20(5-6-22(21)29)37-13-19(36)10-30-4)33-27(14)35-11-17-7-18(28)9-31-23(17)12-35/h5-9,19,30,36H,10-13H2,1-4H3/t19-/m1/s1. The summed E-state index contributed by atoms with van der Waals surface area (Å²) < 4.78 is 12.3. The van der Waals surface area contributed by atoms with Gasteiger partial charge in [0.2, 0.25) is 0 Å². The average Bonchev–Trinajstić information content (AvgIpc) is 3.46. The molecular formula is C27H28BrClN6O3. The fourth-order valence-electron chi connectivity index (χ4n) is 4.63. The van der Waals surface area contributed by atoms with E-state index in [1.165, 1.54) is 0 Å². The first-order chi connectivity index (χ1) is 18.2. The van der Waals surface area contributed by atoms with Crippen molar-refractivity contribution in [2.24, 2.45) is 0 Å². The lowest BCUT2D eigenvalue weighted by molar-refractivity contribution is 0.108. The van der Waals surface area contributed by atoms with Gasteiger partial charge < -0.3 is 24.6 Å². The van der Waals surface area contributed by atoms with Crippen LogP contribution in [0.15, 0.2) is 39.5 Å². The highest BCUT2D eigenvalue weighted by Gasteiger charge is 2.28. The van der Waals surface area contributed by atoms with Gasteiger partial charge in [0, 0.05) is 34.9 Å². The number of aliphatic hydroxyl groups excluding tert-OH is 1. The number of hydrogen-bond acceptors (Lipinski definition) is 9. The Labute approximate surface area is 234 Å². The summed E-state index contributed by atoms with van der Waals surface area (Å²) in [6.45, 7) is 7.65. The number of aliphatic hydroxyl groups is 1. The average molecular weight is 600 g/mol. The van der Waals surface area contributed by atoms with Gasteiger partial charge in [-0.05, 0) is 73.6 Å². The molecule has 1 aliphatic heterocycles. The van der Waals surface area contributed by atoms with Gasteiger partial charge in [-0.3, -0.25) is 4.98 Å². The Morgan fingerprint density at radius 2 is 2.03 bits per heavy atom. The first-order valence-corrected chi connectivity index (χ1v) is 13.4. The van der Waals surface area contributed by atoms with Crippen LogP contribution in [0.5, 0.6) is 5.75 Å². The molecule has 0 aliphatic carbocycles. The molecule has 0 spiro atoms. The van der Waals surface area contributed by atoms with Crippen molar-refractivity contribution in [2.45, 2.75) is 40.0 Å². The number of halogens is 2. The molecule has 5 rings (SSSR count).